The lowest BCUT2D eigenvalue weighted by Gasteiger charge is -2.19. The molecular weight excluding hydrogens is 268 g/mol. The minimum atomic E-state index is -0.409. The molecule has 0 fully saturated rings. The Kier molecular flexibility index (Phi) is 4.95. The van der Waals surface area contributed by atoms with Crippen molar-refractivity contribution in [3.8, 4) is 11.5 Å². The maximum absolute atomic E-state index is 11.2. The SMILES string of the molecule is CC(=O)Oc1c(C)c(C)c(OC(C)=O)c(CCl)c1C. The van der Waals surface area contributed by atoms with Gasteiger partial charge in [0.2, 0.25) is 0 Å². The predicted molar refractivity (Wildman–Crippen MR) is 72.8 cm³/mol. The van der Waals surface area contributed by atoms with Gasteiger partial charge in [-0.1, -0.05) is 0 Å². The van der Waals surface area contributed by atoms with Crippen molar-refractivity contribution in [1.82, 2.24) is 0 Å². The number of hydrogen-bond acceptors (Lipinski definition) is 4. The third-order valence-corrected chi connectivity index (χ3v) is 3.20. The number of alkyl halides is 1. The Hall–Kier alpha value is -1.55. The van der Waals surface area contributed by atoms with E-state index in [0.717, 1.165) is 11.1 Å². The normalized spacial score (nSPS) is 10.2. The molecule has 0 saturated carbocycles. The fourth-order valence-electron chi connectivity index (χ4n) is 1.90. The first-order valence-corrected chi connectivity index (χ1v) is 6.38. The van der Waals surface area contributed by atoms with E-state index in [1.165, 1.54) is 13.8 Å². The molecule has 5 heteroatoms. The summed E-state index contributed by atoms with van der Waals surface area (Å²) in [7, 11) is 0. The molecule has 0 radical (unpaired) electrons. The van der Waals surface area contributed by atoms with Crippen molar-refractivity contribution >= 4 is 23.5 Å². The molecule has 1 rings (SSSR count). The number of esters is 2. The number of hydrogen-bond donors (Lipinski definition) is 0. The maximum atomic E-state index is 11.2. The topological polar surface area (TPSA) is 52.6 Å². The van der Waals surface area contributed by atoms with Gasteiger partial charge in [0.25, 0.3) is 0 Å². The predicted octanol–water partition coefficient (Wildman–Crippen LogP) is 3.20. The van der Waals surface area contributed by atoms with Crippen molar-refractivity contribution in [3.63, 3.8) is 0 Å². The number of carbonyl (C=O) groups is 2. The number of ether oxygens (including phenoxy) is 2. The number of carbonyl (C=O) groups excluding carboxylic acids is 2. The number of halogens is 1. The van der Waals surface area contributed by atoms with Crippen molar-refractivity contribution in [2.24, 2.45) is 0 Å². The van der Waals surface area contributed by atoms with Crippen LogP contribution in [0.15, 0.2) is 0 Å². The lowest BCUT2D eigenvalue weighted by molar-refractivity contribution is -0.133. The van der Waals surface area contributed by atoms with Crippen molar-refractivity contribution < 1.29 is 19.1 Å². The maximum Gasteiger partial charge on any atom is 0.308 e. The second-order valence-corrected chi connectivity index (χ2v) is 4.60. The van der Waals surface area contributed by atoms with E-state index in [2.05, 4.69) is 0 Å². The quantitative estimate of drug-likeness (QED) is 0.486. The molecule has 1 aromatic rings. The van der Waals surface area contributed by atoms with Crippen LogP contribution >= 0.6 is 11.6 Å². The standard InChI is InChI=1S/C14H17ClO4/c1-7-8(2)14(19-11(5)17)12(6-15)9(3)13(7)18-10(4)16/h6H2,1-5H3. The average Bonchev–Trinajstić information content (AvgIpc) is 2.31. The van der Waals surface area contributed by atoms with Gasteiger partial charge in [0, 0.05) is 25.0 Å². The smallest absolute Gasteiger partial charge is 0.308 e. The third-order valence-electron chi connectivity index (χ3n) is 2.94. The molecule has 0 aliphatic carbocycles. The molecule has 104 valence electrons. The van der Waals surface area contributed by atoms with E-state index in [4.69, 9.17) is 21.1 Å². The lowest BCUT2D eigenvalue weighted by atomic mass is 9.98. The Labute approximate surface area is 117 Å². The summed E-state index contributed by atoms with van der Waals surface area (Å²) in [5.41, 5.74) is 2.88. The van der Waals surface area contributed by atoms with Crippen molar-refractivity contribution in [3.05, 3.63) is 22.3 Å². The molecule has 0 saturated heterocycles. The fraction of sp³-hybridized carbons (Fsp3) is 0.429. The van der Waals surface area contributed by atoms with Gasteiger partial charge in [-0.25, -0.2) is 0 Å². The van der Waals surface area contributed by atoms with Crippen LogP contribution in [-0.4, -0.2) is 11.9 Å². The molecule has 0 aliphatic rings. The zero-order valence-corrected chi connectivity index (χ0v) is 12.5. The van der Waals surface area contributed by atoms with Gasteiger partial charge in [-0.05, 0) is 31.9 Å². The van der Waals surface area contributed by atoms with Crippen molar-refractivity contribution in [1.29, 1.82) is 0 Å². The molecule has 0 spiro atoms. The van der Waals surface area contributed by atoms with Gasteiger partial charge in [-0.2, -0.15) is 0 Å². The molecule has 0 N–H and O–H groups in total. The molecule has 0 amide bonds. The van der Waals surface area contributed by atoms with Gasteiger partial charge in [0.15, 0.2) is 0 Å². The summed E-state index contributed by atoms with van der Waals surface area (Å²) in [4.78, 5) is 22.3. The van der Waals surface area contributed by atoms with Gasteiger partial charge in [0.05, 0.1) is 5.88 Å². The monoisotopic (exact) mass is 284 g/mol. The molecule has 0 bridgehead atoms. The van der Waals surface area contributed by atoms with E-state index < -0.39 is 11.9 Å². The van der Waals surface area contributed by atoms with Crippen LogP contribution in [0.4, 0.5) is 0 Å². The minimum Gasteiger partial charge on any atom is -0.426 e. The highest BCUT2D eigenvalue weighted by Gasteiger charge is 2.21. The molecule has 0 atom stereocenters. The molecule has 0 aliphatic heterocycles. The van der Waals surface area contributed by atoms with Crippen LogP contribution in [0.5, 0.6) is 11.5 Å². The summed E-state index contributed by atoms with van der Waals surface area (Å²) in [6.45, 7) is 8.08. The highest BCUT2D eigenvalue weighted by atomic mass is 35.5. The summed E-state index contributed by atoms with van der Waals surface area (Å²) in [6.07, 6.45) is 0. The fourth-order valence-corrected chi connectivity index (χ4v) is 2.22. The Morgan fingerprint density at radius 2 is 1.32 bits per heavy atom. The first-order chi connectivity index (χ1) is 8.79. The van der Waals surface area contributed by atoms with Crippen LogP contribution in [0.2, 0.25) is 0 Å². The van der Waals surface area contributed by atoms with Crippen LogP contribution in [0.25, 0.3) is 0 Å². The van der Waals surface area contributed by atoms with E-state index in [1.807, 2.05) is 6.92 Å². The molecule has 0 aromatic heterocycles. The molecule has 0 unspecified atom stereocenters. The largest absolute Gasteiger partial charge is 0.426 e. The van der Waals surface area contributed by atoms with Gasteiger partial charge in [-0.3, -0.25) is 9.59 Å². The van der Waals surface area contributed by atoms with Gasteiger partial charge in [-0.15, -0.1) is 11.6 Å². The van der Waals surface area contributed by atoms with Crippen LogP contribution in [0.3, 0.4) is 0 Å². The Morgan fingerprint density at radius 1 is 0.895 bits per heavy atom. The zero-order chi connectivity index (χ0) is 14.7. The van der Waals surface area contributed by atoms with Crippen LogP contribution in [-0.2, 0) is 15.5 Å². The van der Waals surface area contributed by atoms with Gasteiger partial charge < -0.3 is 9.47 Å². The summed E-state index contributed by atoms with van der Waals surface area (Å²) < 4.78 is 10.4. The first-order valence-electron chi connectivity index (χ1n) is 5.85. The lowest BCUT2D eigenvalue weighted by Crippen LogP contribution is -2.11. The van der Waals surface area contributed by atoms with Gasteiger partial charge in [0.1, 0.15) is 11.5 Å². The highest BCUT2D eigenvalue weighted by Crippen LogP contribution is 2.38. The summed E-state index contributed by atoms with van der Waals surface area (Å²) >= 11 is 5.92. The molecule has 1 aromatic carbocycles. The second kappa shape index (κ2) is 6.06. The first kappa shape index (κ1) is 15.5. The molecule has 4 nitrogen and oxygen atoms in total. The van der Waals surface area contributed by atoms with E-state index in [1.54, 1.807) is 13.8 Å². The summed E-state index contributed by atoms with van der Waals surface area (Å²) in [5, 5.41) is 0. The van der Waals surface area contributed by atoms with Crippen LogP contribution in [0, 0.1) is 20.8 Å². The van der Waals surface area contributed by atoms with Crippen molar-refractivity contribution in [2.75, 3.05) is 0 Å². The van der Waals surface area contributed by atoms with E-state index in [-0.39, 0.29) is 5.88 Å². The van der Waals surface area contributed by atoms with E-state index in [0.29, 0.717) is 22.6 Å². The Morgan fingerprint density at radius 3 is 1.74 bits per heavy atom. The van der Waals surface area contributed by atoms with Crippen LogP contribution < -0.4 is 9.47 Å². The van der Waals surface area contributed by atoms with E-state index >= 15 is 0 Å². The summed E-state index contributed by atoms with van der Waals surface area (Å²) in [5.74, 6) is 0.300. The minimum absolute atomic E-state index is 0.170. The van der Waals surface area contributed by atoms with Crippen LogP contribution in [0.1, 0.15) is 36.1 Å². The third kappa shape index (κ3) is 3.26. The number of benzene rings is 1. The van der Waals surface area contributed by atoms with Gasteiger partial charge >= 0.3 is 11.9 Å². The molecular formula is C14H17ClO4. The molecule has 0 heterocycles. The zero-order valence-electron chi connectivity index (χ0n) is 11.7. The highest BCUT2D eigenvalue weighted by molar-refractivity contribution is 6.17. The average molecular weight is 285 g/mol. The Bertz CT molecular complexity index is 535. The van der Waals surface area contributed by atoms with Crippen molar-refractivity contribution in [2.45, 2.75) is 40.5 Å². The van der Waals surface area contributed by atoms with E-state index in [9.17, 15) is 9.59 Å². The second-order valence-electron chi connectivity index (χ2n) is 4.33. The summed E-state index contributed by atoms with van der Waals surface area (Å²) in [6, 6.07) is 0. The number of rotatable bonds is 3. The molecule has 19 heavy (non-hydrogen) atoms. The Balaban J connectivity index is 3.52.